The van der Waals surface area contributed by atoms with E-state index in [0.717, 1.165) is 15.6 Å². The van der Waals surface area contributed by atoms with Crippen LogP contribution >= 0.6 is 28.1 Å². The van der Waals surface area contributed by atoms with E-state index in [0.29, 0.717) is 0 Å². The molecule has 0 bridgehead atoms. The molecule has 1 unspecified atom stereocenters. The Morgan fingerprint density at radius 2 is 1.94 bits per heavy atom. The van der Waals surface area contributed by atoms with E-state index in [-0.39, 0.29) is 6.04 Å². The first kappa shape index (κ1) is 12.2. The minimum absolute atomic E-state index is 0.0630. The monoisotopic (exact) mass is 306 g/mol. The molecule has 1 atom stereocenters. The van der Waals surface area contributed by atoms with E-state index in [2.05, 4.69) is 38.4 Å². The number of thiocarbonyl (C=S) groups is 1. The quantitative estimate of drug-likeness (QED) is 0.875. The number of pyridine rings is 1. The van der Waals surface area contributed by atoms with Gasteiger partial charge in [0.1, 0.15) is 0 Å². The lowest BCUT2D eigenvalue weighted by molar-refractivity contribution is 0.777. The van der Waals surface area contributed by atoms with Crippen LogP contribution < -0.4 is 5.32 Å². The predicted molar refractivity (Wildman–Crippen MR) is 77.0 cm³/mol. The fraction of sp³-hybridized carbons (Fsp3) is 0.0769. The Morgan fingerprint density at radius 1 is 1.18 bits per heavy atom. The predicted octanol–water partition coefficient (Wildman–Crippen LogP) is 3.48. The highest BCUT2D eigenvalue weighted by Gasteiger charge is 2.12. The molecular weight excluding hydrogens is 296 g/mol. The van der Waals surface area contributed by atoms with Gasteiger partial charge in [-0.2, -0.15) is 0 Å². The van der Waals surface area contributed by atoms with Crippen LogP contribution in [0.2, 0.25) is 0 Å². The van der Waals surface area contributed by atoms with Crippen molar-refractivity contribution in [3.05, 3.63) is 64.4 Å². The number of nitrogens with one attached hydrogen (secondary N) is 1. The summed E-state index contributed by atoms with van der Waals surface area (Å²) in [5.74, 6) is 0. The van der Waals surface area contributed by atoms with Gasteiger partial charge in [-0.1, -0.05) is 40.3 Å². The van der Waals surface area contributed by atoms with Crippen molar-refractivity contribution in [2.75, 3.05) is 0 Å². The van der Waals surface area contributed by atoms with Gasteiger partial charge in [0.05, 0.1) is 11.5 Å². The molecule has 0 spiro atoms. The summed E-state index contributed by atoms with van der Waals surface area (Å²) in [5, 5.41) is 3.18. The van der Waals surface area contributed by atoms with Crippen LogP contribution in [0.4, 0.5) is 0 Å². The van der Waals surface area contributed by atoms with Crippen molar-refractivity contribution in [3.8, 4) is 0 Å². The summed E-state index contributed by atoms with van der Waals surface area (Å²) in [6.45, 7) is 0. The molecule has 0 aliphatic heterocycles. The molecule has 17 heavy (non-hydrogen) atoms. The molecule has 1 heterocycles. The first-order valence-corrected chi connectivity index (χ1v) is 6.43. The maximum Gasteiger partial charge on any atom is 0.0771 e. The van der Waals surface area contributed by atoms with Gasteiger partial charge >= 0.3 is 0 Å². The molecule has 4 heteroatoms. The Kier molecular flexibility index (Phi) is 4.23. The lowest BCUT2D eigenvalue weighted by Gasteiger charge is -2.17. The number of hydrogen-bond acceptors (Lipinski definition) is 2. The number of aromatic nitrogens is 1. The second kappa shape index (κ2) is 5.89. The summed E-state index contributed by atoms with van der Waals surface area (Å²) >= 11 is 8.38. The van der Waals surface area contributed by atoms with Crippen LogP contribution in [0.5, 0.6) is 0 Å². The number of rotatable bonds is 4. The fourth-order valence-electron chi connectivity index (χ4n) is 1.69. The van der Waals surface area contributed by atoms with E-state index in [9.17, 15) is 0 Å². The van der Waals surface area contributed by atoms with Crippen LogP contribution in [0.3, 0.4) is 0 Å². The van der Waals surface area contributed by atoms with Crippen LogP contribution in [-0.4, -0.2) is 10.5 Å². The van der Waals surface area contributed by atoms with Gasteiger partial charge in [-0.25, -0.2) is 0 Å². The molecule has 1 aromatic heterocycles. The minimum Gasteiger partial charge on any atom is -0.371 e. The summed E-state index contributed by atoms with van der Waals surface area (Å²) < 4.78 is 1.06. The van der Waals surface area contributed by atoms with Crippen molar-refractivity contribution < 1.29 is 0 Å². The molecule has 0 amide bonds. The van der Waals surface area contributed by atoms with Gasteiger partial charge in [0.2, 0.25) is 0 Å². The number of hydrogen-bond donors (Lipinski definition) is 1. The normalized spacial score (nSPS) is 11.8. The summed E-state index contributed by atoms with van der Waals surface area (Å²) in [6, 6.07) is 12.2. The molecule has 0 fully saturated rings. The van der Waals surface area contributed by atoms with Gasteiger partial charge in [-0.15, -0.1) is 0 Å². The first-order chi connectivity index (χ1) is 8.31. The van der Waals surface area contributed by atoms with Crippen LogP contribution in [0, 0.1) is 0 Å². The van der Waals surface area contributed by atoms with Gasteiger partial charge in [0, 0.05) is 16.9 Å². The maximum atomic E-state index is 4.90. The zero-order chi connectivity index (χ0) is 12.1. The van der Waals surface area contributed by atoms with Crippen molar-refractivity contribution in [2.24, 2.45) is 0 Å². The highest BCUT2D eigenvalue weighted by atomic mass is 79.9. The molecular formula is C13H11BrN2S. The molecule has 0 radical (unpaired) electrons. The third kappa shape index (κ3) is 3.11. The molecule has 86 valence electrons. The Labute approximate surface area is 114 Å². The fourth-order valence-corrected chi connectivity index (χ4v) is 2.25. The molecule has 0 aliphatic rings. The number of benzene rings is 1. The molecule has 1 N–H and O–H groups in total. The van der Waals surface area contributed by atoms with Gasteiger partial charge in [-0.05, 0) is 35.4 Å². The zero-order valence-electron chi connectivity index (χ0n) is 9.01. The number of halogens is 1. The molecule has 2 nitrogen and oxygen atoms in total. The Balaban J connectivity index is 2.39. The van der Waals surface area contributed by atoms with Crippen LogP contribution in [0.1, 0.15) is 17.2 Å². The molecule has 1 aromatic carbocycles. The van der Waals surface area contributed by atoms with Crippen molar-refractivity contribution in [1.82, 2.24) is 10.3 Å². The Morgan fingerprint density at radius 3 is 2.59 bits per heavy atom. The van der Waals surface area contributed by atoms with Gasteiger partial charge in [-0.3, -0.25) is 4.98 Å². The first-order valence-electron chi connectivity index (χ1n) is 5.16. The standard InChI is InChI=1S/C13H11BrN2S/c14-12-3-1-2-11(8-12)13(16-9-17)10-4-6-15-7-5-10/h1-9,13H,(H,16,17). The summed E-state index contributed by atoms with van der Waals surface area (Å²) in [5.41, 5.74) is 3.84. The van der Waals surface area contributed by atoms with Gasteiger partial charge < -0.3 is 5.32 Å². The summed E-state index contributed by atoms with van der Waals surface area (Å²) in [4.78, 5) is 4.03. The highest BCUT2D eigenvalue weighted by Crippen LogP contribution is 2.23. The zero-order valence-corrected chi connectivity index (χ0v) is 11.4. The largest absolute Gasteiger partial charge is 0.371 e. The van der Waals surface area contributed by atoms with Crippen molar-refractivity contribution >= 4 is 33.6 Å². The van der Waals surface area contributed by atoms with Gasteiger partial charge in [0.25, 0.3) is 0 Å². The lowest BCUT2D eigenvalue weighted by atomic mass is 10.0. The lowest BCUT2D eigenvalue weighted by Crippen LogP contribution is -2.19. The SMILES string of the molecule is S=CNC(c1ccncc1)c1cccc(Br)c1. The highest BCUT2D eigenvalue weighted by molar-refractivity contribution is 9.10. The smallest absolute Gasteiger partial charge is 0.0771 e. The Hall–Kier alpha value is -1.26. The van der Waals surface area contributed by atoms with Crippen LogP contribution in [0.25, 0.3) is 0 Å². The minimum atomic E-state index is 0.0630. The molecule has 0 saturated carbocycles. The second-order valence-electron chi connectivity index (χ2n) is 3.55. The van der Waals surface area contributed by atoms with E-state index < -0.39 is 0 Å². The molecule has 2 rings (SSSR count). The van der Waals surface area contributed by atoms with Crippen LogP contribution in [0.15, 0.2) is 53.3 Å². The van der Waals surface area contributed by atoms with Crippen molar-refractivity contribution in [1.29, 1.82) is 0 Å². The second-order valence-corrected chi connectivity index (χ2v) is 4.70. The van der Waals surface area contributed by atoms with Crippen LogP contribution in [-0.2, 0) is 0 Å². The average molecular weight is 307 g/mol. The third-order valence-corrected chi connectivity index (χ3v) is 3.09. The van der Waals surface area contributed by atoms with E-state index in [1.54, 1.807) is 17.9 Å². The van der Waals surface area contributed by atoms with E-state index in [1.165, 1.54) is 0 Å². The van der Waals surface area contributed by atoms with E-state index in [1.807, 2.05) is 24.3 Å². The van der Waals surface area contributed by atoms with E-state index >= 15 is 0 Å². The summed E-state index contributed by atoms with van der Waals surface area (Å²) in [6.07, 6.45) is 3.57. The molecule has 2 aromatic rings. The third-order valence-electron chi connectivity index (χ3n) is 2.46. The van der Waals surface area contributed by atoms with Gasteiger partial charge in [0.15, 0.2) is 0 Å². The van der Waals surface area contributed by atoms with Crippen molar-refractivity contribution in [3.63, 3.8) is 0 Å². The summed E-state index contributed by atoms with van der Waals surface area (Å²) in [7, 11) is 0. The Bertz CT molecular complexity index is 502. The molecule has 0 aliphatic carbocycles. The average Bonchev–Trinajstić information content (AvgIpc) is 2.37. The maximum absolute atomic E-state index is 4.90. The van der Waals surface area contributed by atoms with Crippen molar-refractivity contribution in [2.45, 2.75) is 6.04 Å². The van der Waals surface area contributed by atoms with E-state index in [4.69, 9.17) is 12.2 Å². The topological polar surface area (TPSA) is 24.9 Å². The number of nitrogens with zero attached hydrogens (tertiary/aromatic N) is 1. The molecule has 0 saturated heterocycles.